The van der Waals surface area contributed by atoms with Gasteiger partial charge in [-0.1, -0.05) is 18.2 Å². The van der Waals surface area contributed by atoms with Crippen LogP contribution in [0.3, 0.4) is 0 Å². The lowest BCUT2D eigenvalue weighted by Gasteiger charge is -2.24. The SMILES string of the molecule is Cc1ccccc1NC(=O)c1ccnc(N(C)C2CCS(=O)(=O)C2)c1. The summed E-state index contributed by atoms with van der Waals surface area (Å²) < 4.78 is 23.4. The van der Waals surface area contributed by atoms with Crippen molar-refractivity contribution < 1.29 is 13.2 Å². The highest BCUT2D eigenvalue weighted by Crippen LogP contribution is 2.22. The summed E-state index contributed by atoms with van der Waals surface area (Å²) in [5.74, 6) is 0.713. The summed E-state index contributed by atoms with van der Waals surface area (Å²) in [7, 11) is -1.15. The van der Waals surface area contributed by atoms with Gasteiger partial charge in [-0.05, 0) is 37.1 Å². The summed E-state index contributed by atoms with van der Waals surface area (Å²) >= 11 is 0. The number of aromatic nitrogens is 1. The third-order valence-corrected chi connectivity index (χ3v) is 6.27. The molecule has 1 aliphatic heterocycles. The average Bonchev–Trinajstić information content (AvgIpc) is 2.96. The van der Waals surface area contributed by atoms with Crippen LogP contribution in [0, 0.1) is 6.92 Å². The molecule has 0 bridgehead atoms. The number of pyridine rings is 1. The van der Waals surface area contributed by atoms with Gasteiger partial charge in [0.2, 0.25) is 0 Å². The lowest BCUT2D eigenvalue weighted by molar-refractivity contribution is 0.102. The minimum atomic E-state index is -2.97. The highest BCUT2D eigenvalue weighted by atomic mass is 32.2. The minimum absolute atomic E-state index is 0.104. The van der Waals surface area contributed by atoms with Gasteiger partial charge in [0.05, 0.1) is 11.5 Å². The first-order chi connectivity index (χ1) is 11.9. The molecular formula is C18H21N3O3S. The molecule has 0 spiro atoms. The van der Waals surface area contributed by atoms with E-state index in [2.05, 4.69) is 10.3 Å². The van der Waals surface area contributed by atoms with Crippen LogP contribution in [0.25, 0.3) is 0 Å². The van der Waals surface area contributed by atoms with Gasteiger partial charge in [-0.25, -0.2) is 13.4 Å². The maximum atomic E-state index is 12.5. The van der Waals surface area contributed by atoms with E-state index in [0.717, 1.165) is 11.3 Å². The van der Waals surface area contributed by atoms with Gasteiger partial charge in [-0.3, -0.25) is 4.79 Å². The fourth-order valence-electron chi connectivity index (χ4n) is 2.93. The zero-order chi connectivity index (χ0) is 18.0. The molecule has 0 radical (unpaired) electrons. The molecule has 1 aliphatic rings. The first kappa shape index (κ1) is 17.4. The van der Waals surface area contributed by atoms with Gasteiger partial charge in [0, 0.05) is 30.5 Å². The quantitative estimate of drug-likeness (QED) is 0.906. The van der Waals surface area contributed by atoms with Crippen molar-refractivity contribution in [2.75, 3.05) is 28.8 Å². The van der Waals surface area contributed by atoms with Gasteiger partial charge in [-0.2, -0.15) is 0 Å². The van der Waals surface area contributed by atoms with Crippen LogP contribution in [-0.2, 0) is 9.84 Å². The molecule has 1 N–H and O–H groups in total. The van der Waals surface area contributed by atoms with E-state index < -0.39 is 9.84 Å². The van der Waals surface area contributed by atoms with Crippen LogP contribution in [0.15, 0.2) is 42.6 Å². The van der Waals surface area contributed by atoms with E-state index in [1.807, 2.05) is 43.1 Å². The summed E-state index contributed by atoms with van der Waals surface area (Å²) in [6.07, 6.45) is 2.15. The Hall–Kier alpha value is -2.41. The van der Waals surface area contributed by atoms with E-state index in [1.165, 1.54) is 0 Å². The molecule has 2 aromatic rings. The average molecular weight is 359 g/mol. The Morgan fingerprint density at radius 1 is 1.28 bits per heavy atom. The lowest BCUT2D eigenvalue weighted by atomic mass is 10.1. The maximum absolute atomic E-state index is 12.5. The Labute approximate surface area is 147 Å². The molecule has 1 aromatic carbocycles. The Morgan fingerprint density at radius 2 is 2.04 bits per heavy atom. The second kappa shape index (κ2) is 6.84. The molecule has 1 amide bonds. The minimum Gasteiger partial charge on any atom is -0.356 e. The van der Waals surface area contributed by atoms with E-state index in [-0.39, 0.29) is 23.5 Å². The molecule has 1 fully saturated rings. The number of para-hydroxylation sites is 1. The molecule has 1 aromatic heterocycles. The summed E-state index contributed by atoms with van der Waals surface area (Å²) in [4.78, 5) is 18.6. The number of anilines is 2. The largest absolute Gasteiger partial charge is 0.356 e. The number of aryl methyl sites for hydroxylation is 1. The zero-order valence-electron chi connectivity index (χ0n) is 14.3. The summed E-state index contributed by atoms with van der Waals surface area (Å²) in [6, 6.07) is 10.8. The van der Waals surface area contributed by atoms with Crippen molar-refractivity contribution >= 4 is 27.2 Å². The van der Waals surface area contributed by atoms with E-state index in [0.29, 0.717) is 17.8 Å². The van der Waals surface area contributed by atoms with Crippen LogP contribution < -0.4 is 10.2 Å². The predicted molar refractivity (Wildman–Crippen MR) is 98.8 cm³/mol. The van der Waals surface area contributed by atoms with Gasteiger partial charge >= 0.3 is 0 Å². The molecule has 0 saturated carbocycles. The van der Waals surface area contributed by atoms with Crippen LogP contribution in [-0.4, -0.2) is 43.9 Å². The maximum Gasteiger partial charge on any atom is 0.255 e. The highest BCUT2D eigenvalue weighted by molar-refractivity contribution is 7.91. The second-order valence-electron chi connectivity index (χ2n) is 6.34. The molecule has 2 heterocycles. The molecular weight excluding hydrogens is 338 g/mol. The number of nitrogens with one attached hydrogen (secondary N) is 1. The van der Waals surface area contributed by atoms with Crippen molar-refractivity contribution in [2.45, 2.75) is 19.4 Å². The van der Waals surface area contributed by atoms with E-state index in [1.54, 1.807) is 18.3 Å². The van der Waals surface area contributed by atoms with Crippen LogP contribution in [0.5, 0.6) is 0 Å². The second-order valence-corrected chi connectivity index (χ2v) is 8.57. The third kappa shape index (κ3) is 3.99. The first-order valence-electron chi connectivity index (χ1n) is 8.12. The van der Waals surface area contributed by atoms with Crippen molar-refractivity contribution in [1.29, 1.82) is 0 Å². The van der Waals surface area contributed by atoms with Crippen LogP contribution in [0.1, 0.15) is 22.3 Å². The number of hydrogen-bond acceptors (Lipinski definition) is 5. The Morgan fingerprint density at radius 3 is 2.72 bits per heavy atom. The zero-order valence-corrected chi connectivity index (χ0v) is 15.1. The normalized spacial score (nSPS) is 18.7. The number of hydrogen-bond donors (Lipinski definition) is 1. The Bertz CT molecular complexity index is 896. The number of amides is 1. The smallest absolute Gasteiger partial charge is 0.255 e. The molecule has 1 saturated heterocycles. The molecule has 3 rings (SSSR count). The number of benzene rings is 1. The van der Waals surface area contributed by atoms with Gasteiger partial charge in [-0.15, -0.1) is 0 Å². The summed E-state index contributed by atoms with van der Waals surface area (Å²) in [6.45, 7) is 1.93. The highest BCUT2D eigenvalue weighted by Gasteiger charge is 2.31. The molecule has 25 heavy (non-hydrogen) atoms. The van der Waals surface area contributed by atoms with E-state index in [4.69, 9.17) is 0 Å². The Kier molecular flexibility index (Phi) is 4.76. The number of carbonyl (C=O) groups is 1. The van der Waals surface area contributed by atoms with E-state index in [9.17, 15) is 13.2 Å². The van der Waals surface area contributed by atoms with Crippen molar-refractivity contribution in [2.24, 2.45) is 0 Å². The van der Waals surface area contributed by atoms with Gasteiger partial charge in [0.25, 0.3) is 5.91 Å². The van der Waals surface area contributed by atoms with Gasteiger partial charge in [0.15, 0.2) is 9.84 Å². The van der Waals surface area contributed by atoms with Gasteiger partial charge < -0.3 is 10.2 Å². The number of sulfone groups is 1. The van der Waals surface area contributed by atoms with Crippen molar-refractivity contribution in [3.8, 4) is 0 Å². The Balaban J connectivity index is 1.77. The molecule has 1 atom stereocenters. The predicted octanol–water partition coefficient (Wildman–Crippen LogP) is 2.27. The molecule has 0 aliphatic carbocycles. The summed E-state index contributed by atoms with van der Waals surface area (Å²) in [5.41, 5.74) is 2.24. The number of nitrogens with zero attached hydrogens (tertiary/aromatic N) is 2. The standard InChI is InChI=1S/C18H21N3O3S/c1-13-5-3-4-6-16(13)20-18(22)14-7-9-19-17(11-14)21(2)15-8-10-25(23,24)12-15/h3-7,9,11,15H,8,10,12H2,1-2H3,(H,20,22). The van der Waals surface area contributed by atoms with Crippen LogP contribution in [0.2, 0.25) is 0 Å². The van der Waals surface area contributed by atoms with Crippen LogP contribution >= 0.6 is 0 Å². The van der Waals surface area contributed by atoms with Crippen LogP contribution in [0.4, 0.5) is 11.5 Å². The van der Waals surface area contributed by atoms with Gasteiger partial charge in [0.1, 0.15) is 5.82 Å². The van der Waals surface area contributed by atoms with Crippen molar-refractivity contribution in [3.05, 3.63) is 53.7 Å². The first-order valence-corrected chi connectivity index (χ1v) is 9.94. The van der Waals surface area contributed by atoms with Crippen molar-refractivity contribution in [1.82, 2.24) is 4.98 Å². The third-order valence-electron chi connectivity index (χ3n) is 4.52. The molecule has 1 unspecified atom stereocenters. The van der Waals surface area contributed by atoms with E-state index >= 15 is 0 Å². The summed E-state index contributed by atoms with van der Waals surface area (Å²) in [5, 5.41) is 2.89. The fraction of sp³-hybridized carbons (Fsp3) is 0.333. The number of carbonyl (C=O) groups excluding carboxylic acids is 1. The molecule has 6 nitrogen and oxygen atoms in total. The number of rotatable bonds is 4. The fourth-order valence-corrected chi connectivity index (χ4v) is 4.70. The molecule has 7 heteroatoms. The topological polar surface area (TPSA) is 79.4 Å². The van der Waals surface area contributed by atoms with Crippen molar-refractivity contribution in [3.63, 3.8) is 0 Å². The lowest BCUT2D eigenvalue weighted by Crippen LogP contribution is -2.33. The monoisotopic (exact) mass is 359 g/mol. The molecule has 132 valence electrons.